The van der Waals surface area contributed by atoms with E-state index in [9.17, 15) is 14.7 Å². The Hall–Kier alpha value is -2.08. The zero-order valence-electron chi connectivity index (χ0n) is 13.9. The molecule has 1 aliphatic rings. The number of hydrogen-bond acceptors (Lipinski definition) is 5. The van der Waals surface area contributed by atoms with Crippen molar-refractivity contribution in [2.24, 2.45) is 5.41 Å². The van der Waals surface area contributed by atoms with E-state index >= 15 is 0 Å². The third kappa shape index (κ3) is 3.47. The first-order valence-electron chi connectivity index (χ1n) is 7.54. The average Bonchev–Trinajstić information content (AvgIpc) is 2.90. The SMILES string of the molecule is COc1cccc([C@H](CO)C(=O)N2C(=O)OC[C@@H]2C(C)(C)C)c1. The fraction of sp³-hybridized carbons (Fsp3) is 0.529. The van der Waals surface area contributed by atoms with Gasteiger partial charge in [0.2, 0.25) is 5.91 Å². The summed E-state index contributed by atoms with van der Waals surface area (Å²) in [6.07, 6.45) is -0.656. The minimum Gasteiger partial charge on any atom is -0.497 e. The van der Waals surface area contributed by atoms with Crippen LogP contribution in [0.1, 0.15) is 32.3 Å². The van der Waals surface area contributed by atoms with E-state index in [1.165, 1.54) is 7.11 Å². The quantitative estimate of drug-likeness (QED) is 0.920. The van der Waals surface area contributed by atoms with Crippen LogP contribution in [0, 0.1) is 5.41 Å². The number of aliphatic hydroxyl groups excluding tert-OH is 1. The van der Waals surface area contributed by atoms with Gasteiger partial charge in [0.25, 0.3) is 0 Å². The summed E-state index contributed by atoms with van der Waals surface area (Å²) in [4.78, 5) is 26.0. The molecule has 0 bridgehead atoms. The van der Waals surface area contributed by atoms with Gasteiger partial charge in [0.15, 0.2) is 0 Å². The summed E-state index contributed by atoms with van der Waals surface area (Å²) in [6.45, 7) is 5.61. The highest BCUT2D eigenvalue weighted by Crippen LogP contribution is 2.32. The number of nitrogens with zero attached hydrogens (tertiary/aromatic N) is 1. The molecule has 126 valence electrons. The van der Waals surface area contributed by atoms with Gasteiger partial charge < -0.3 is 14.6 Å². The van der Waals surface area contributed by atoms with Crippen LogP contribution in [-0.2, 0) is 9.53 Å². The zero-order chi connectivity index (χ0) is 17.2. The highest BCUT2D eigenvalue weighted by atomic mass is 16.6. The van der Waals surface area contributed by atoms with Crippen LogP contribution in [0.3, 0.4) is 0 Å². The van der Waals surface area contributed by atoms with Gasteiger partial charge in [-0.25, -0.2) is 9.69 Å². The number of aliphatic hydroxyl groups is 1. The molecule has 0 aromatic heterocycles. The molecule has 0 unspecified atom stereocenters. The van der Waals surface area contributed by atoms with Gasteiger partial charge in [0, 0.05) is 0 Å². The fourth-order valence-electron chi connectivity index (χ4n) is 2.65. The molecule has 1 saturated heterocycles. The van der Waals surface area contributed by atoms with E-state index < -0.39 is 24.5 Å². The van der Waals surface area contributed by atoms with Crippen LogP contribution in [0.15, 0.2) is 24.3 Å². The lowest BCUT2D eigenvalue weighted by molar-refractivity contribution is -0.133. The van der Waals surface area contributed by atoms with E-state index in [1.54, 1.807) is 24.3 Å². The largest absolute Gasteiger partial charge is 0.497 e. The first kappa shape index (κ1) is 17.3. The maximum Gasteiger partial charge on any atom is 0.417 e. The van der Waals surface area contributed by atoms with Crippen molar-refractivity contribution in [3.8, 4) is 5.75 Å². The Labute approximate surface area is 136 Å². The lowest BCUT2D eigenvalue weighted by Crippen LogP contribution is -2.48. The van der Waals surface area contributed by atoms with Crippen molar-refractivity contribution in [1.82, 2.24) is 4.90 Å². The Bertz CT molecular complexity index is 593. The average molecular weight is 321 g/mol. The van der Waals surface area contributed by atoms with Gasteiger partial charge >= 0.3 is 6.09 Å². The van der Waals surface area contributed by atoms with Crippen LogP contribution in [0.4, 0.5) is 4.79 Å². The highest BCUT2D eigenvalue weighted by Gasteiger charge is 2.46. The summed E-state index contributed by atoms with van der Waals surface area (Å²) >= 11 is 0. The van der Waals surface area contributed by atoms with Crippen molar-refractivity contribution in [3.63, 3.8) is 0 Å². The number of hydrogen-bond donors (Lipinski definition) is 1. The van der Waals surface area contributed by atoms with E-state index in [4.69, 9.17) is 9.47 Å². The summed E-state index contributed by atoms with van der Waals surface area (Å²) < 4.78 is 10.2. The Morgan fingerprint density at radius 3 is 2.74 bits per heavy atom. The number of cyclic esters (lactones) is 1. The summed E-state index contributed by atoms with van der Waals surface area (Å²) in [5.41, 5.74) is 0.292. The molecule has 0 radical (unpaired) electrons. The van der Waals surface area contributed by atoms with Gasteiger partial charge in [-0.2, -0.15) is 0 Å². The second-order valence-corrected chi connectivity index (χ2v) is 6.68. The predicted octanol–water partition coefficient (Wildman–Crippen LogP) is 2.16. The molecule has 23 heavy (non-hydrogen) atoms. The standard InChI is InChI=1S/C17H23NO5/c1-17(2,3)14-10-23-16(21)18(14)15(20)13(9-19)11-6-5-7-12(8-11)22-4/h5-8,13-14,19H,9-10H2,1-4H3/t13-,14+/m0/s1. The molecule has 1 aliphatic heterocycles. The highest BCUT2D eigenvalue weighted by molar-refractivity contribution is 5.97. The number of rotatable bonds is 4. The Balaban J connectivity index is 2.33. The van der Waals surface area contributed by atoms with Crippen LogP contribution in [0.2, 0.25) is 0 Å². The van der Waals surface area contributed by atoms with Crippen LogP contribution >= 0.6 is 0 Å². The van der Waals surface area contributed by atoms with Gasteiger partial charge in [0.1, 0.15) is 12.4 Å². The van der Waals surface area contributed by atoms with Gasteiger partial charge in [0.05, 0.1) is 25.7 Å². The number of benzene rings is 1. The van der Waals surface area contributed by atoms with Gasteiger partial charge in [-0.15, -0.1) is 0 Å². The second kappa shape index (κ2) is 6.58. The molecule has 2 rings (SSSR count). The number of carbonyl (C=O) groups excluding carboxylic acids is 2. The van der Waals surface area contributed by atoms with Crippen molar-refractivity contribution >= 4 is 12.0 Å². The van der Waals surface area contributed by atoms with E-state index in [-0.39, 0.29) is 18.1 Å². The minimum atomic E-state index is -0.833. The smallest absolute Gasteiger partial charge is 0.417 e. The maximum absolute atomic E-state index is 12.9. The van der Waals surface area contributed by atoms with Crippen LogP contribution in [0.5, 0.6) is 5.75 Å². The maximum atomic E-state index is 12.9. The van der Waals surface area contributed by atoms with Gasteiger partial charge in [-0.05, 0) is 23.1 Å². The Morgan fingerprint density at radius 2 is 2.17 bits per heavy atom. The lowest BCUT2D eigenvalue weighted by atomic mass is 9.85. The topological polar surface area (TPSA) is 76.1 Å². The molecular weight excluding hydrogens is 298 g/mol. The fourth-order valence-corrected chi connectivity index (χ4v) is 2.65. The second-order valence-electron chi connectivity index (χ2n) is 6.68. The van der Waals surface area contributed by atoms with Gasteiger partial charge in [-0.3, -0.25) is 4.79 Å². The molecule has 6 heteroatoms. The van der Waals surface area contributed by atoms with Crippen LogP contribution in [-0.4, -0.2) is 48.4 Å². The molecule has 1 fully saturated rings. The number of carbonyl (C=O) groups is 2. The van der Waals surface area contributed by atoms with Crippen molar-refractivity contribution in [2.45, 2.75) is 32.7 Å². The van der Waals surface area contributed by atoms with E-state index in [0.717, 1.165) is 4.90 Å². The van der Waals surface area contributed by atoms with Crippen LogP contribution < -0.4 is 4.74 Å². The third-order valence-corrected chi connectivity index (χ3v) is 4.09. The molecule has 2 atom stereocenters. The number of ether oxygens (including phenoxy) is 2. The molecule has 1 heterocycles. The molecule has 1 aromatic carbocycles. The zero-order valence-corrected chi connectivity index (χ0v) is 13.9. The summed E-state index contributed by atoms with van der Waals surface area (Å²) in [6, 6.07) is 6.56. The molecular formula is C17H23NO5. The molecule has 1 aromatic rings. The van der Waals surface area contributed by atoms with Crippen LogP contribution in [0.25, 0.3) is 0 Å². The van der Waals surface area contributed by atoms with E-state index in [1.807, 2.05) is 20.8 Å². The molecule has 2 amide bonds. The van der Waals surface area contributed by atoms with Gasteiger partial charge in [-0.1, -0.05) is 32.9 Å². The van der Waals surface area contributed by atoms with E-state index in [0.29, 0.717) is 11.3 Å². The monoisotopic (exact) mass is 321 g/mol. The number of amides is 2. The first-order chi connectivity index (χ1) is 10.8. The predicted molar refractivity (Wildman–Crippen MR) is 84.3 cm³/mol. The number of imide groups is 1. The molecule has 6 nitrogen and oxygen atoms in total. The van der Waals surface area contributed by atoms with Crippen molar-refractivity contribution < 1.29 is 24.2 Å². The Kier molecular flexibility index (Phi) is 4.94. The number of methoxy groups -OCH3 is 1. The van der Waals surface area contributed by atoms with E-state index in [2.05, 4.69) is 0 Å². The summed E-state index contributed by atoms with van der Waals surface area (Å²) in [5, 5.41) is 9.71. The lowest BCUT2D eigenvalue weighted by Gasteiger charge is -2.32. The molecule has 0 spiro atoms. The molecule has 0 saturated carbocycles. The van der Waals surface area contributed by atoms with Crippen molar-refractivity contribution in [2.75, 3.05) is 20.3 Å². The summed E-state index contributed by atoms with van der Waals surface area (Å²) in [7, 11) is 1.53. The molecule has 0 aliphatic carbocycles. The third-order valence-electron chi connectivity index (χ3n) is 4.09. The molecule has 1 N–H and O–H groups in total. The summed E-state index contributed by atoms with van der Waals surface area (Å²) in [5.74, 6) is -0.700. The normalized spacial score (nSPS) is 19.4. The van der Waals surface area contributed by atoms with Crippen molar-refractivity contribution in [1.29, 1.82) is 0 Å². The first-order valence-corrected chi connectivity index (χ1v) is 7.54. The van der Waals surface area contributed by atoms with Crippen molar-refractivity contribution in [3.05, 3.63) is 29.8 Å². The Morgan fingerprint density at radius 1 is 1.48 bits per heavy atom. The minimum absolute atomic E-state index is 0.171.